The van der Waals surface area contributed by atoms with Gasteiger partial charge in [0, 0.05) is 24.6 Å². The molecule has 0 spiro atoms. The van der Waals surface area contributed by atoms with Crippen LogP contribution in [0.1, 0.15) is 18.4 Å². The van der Waals surface area contributed by atoms with Crippen LogP contribution in [0, 0.1) is 0 Å². The van der Waals surface area contributed by atoms with Crippen LogP contribution in [0.2, 0.25) is 0 Å². The Morgan fingerprint density at radius 1 is 1.28 bits per heavy atom. The molecule has 1 rings (SSSR count). The minimum absolute atomic E-state index is 0.000320. The Hall–Kier alpha value is -1.43. The van der Waals surface area contributed by atoms with Gasteiger partial charge in [0.15, 0.2) is 0 Å². The molecule has 6 heteroatoms. The van der Waals surface area contributed by atoms with Crippen molar-refractivity contribution in [3.05, 3.63) is 23.8 Å². The van der Waals surface area contributed by atoms with E-state index in [1.807, 2.05) is 0 Å². The highest BCUT2D eigenvalue weighted by atomic mass is 19.4. The largest absolute Gasteiger partial charge is 0.497 e. The van der Waals surface area contributed by atoms with Crippen LogP contribution < -0.4 is 15.2 Å². The highest BCUT2D eigenvalue weighted by Gasteiger charge is 2.26. The van der Waals surface area contributed by atoms with E-state index in [-0.39, 0.29) is 19.6 Å². The summed E-state index contributed by atoms with van der Waals surface area (Å²) in [6.45, 7) is 0.262. The summed E-state index contributed by atoms with van der Waals surface area (Å²) < 4.78 is 46.2. The molecule has 0 aliphatic carbocycles. The monoisotopic (exact) mass is 263 g/mol. The molecule has 1 aromatic carbocycles. The highest BCUT2D eigenvalue weighted by Crippen LogP contribution is 2.26. The second-order valence-corrected chi connectivity index (χ2v) is 3.74. The predicted molar refractivity (Wildman–Crippen MR) is 61.7 cm³/mol. The minimum atomic E-state index is -4.14. The molecule has 0 heterocycles. The number of ether oxygens (including phenoxy) is 2. The van der Waals surface area contributed by atoms with Crippen molar-refractivity contribution < 1.29 is 22.6 Å². The third kappa shape index (κ3) is 4.83. The molecule has 0 aromatic heterocycles. The lowest BCUT2D eigenvalue weighted by atomic mass is 10.2. The second kappa shape index (κ2) is 6.49. The molecule has 2 N–H and O–H groups in total. The number of benzene rings is 1. The van der Waals surface area contributed by atoms with Gasteiger partial charge in [-0.2, -0.15) is 13.2 Å². The lowest BCUT2D eigenvalue weighted by Crippen LogP contribution is -2.10. The summed E-state index contributed by atoms with van der Waals surface area (Å²) in [6.07, 6.45) is -5.08. The molecular weight excluding hydrogens is 247 g/mol. The van der Waals surface area contributed by atoms with Gasteiger partial charge in [0.1, 0.15) is 11.5 Å². The third-order valence-electron chi connectivity index (χ3n) is 2.36. The van der Waals surface area contributed by atoms with Crippen LogP contribution in [0.15, 0.2) is 18.2 Å². The van der Waals surface area contributed by atoms with Crippen LogP contribution in [-0.4, -0.2) is 19.9 Å². The molecule has 0 aliphatic rings. The van der Waals surface area contributed by atoms with E-state index in [0.717, 1.165) is 5.56 Å². The number of hydrogen-bond donors (Lipinski definition) is 1. The molecule has 0 amide bonds. The summed E-state index contributed by atoms with van der Waals surface area (Å²) in [6, 6.07) is 5.08. The van der Waals surface area contributed by atoms with Crippen LogP contribution in [0.5, 0.6) is 11.5 Å². The first-order valence-electron chi connectivity index (χ1n) is 5.53. The van der Waals surface area contributed by atoms with E-state index >= 15 is 0 Å². The molecule has 0 fully saturated rings. The maximum absolute atomic E-state index is 12.0. The second-order valence-electron chi connectivity index (χ2n) is 3.74. The zero-order chi connectivity index (χ0) is 13.6. The molecular formula is C12H16F3NO2. The van der Waals surface area contributed by atoms with Gasteiger partial charge in [-0.15, -0.1) is 0 Å². The van der Waals surface area contributed by atoms with Crippen molar-refractivity contribution in [2.75, 3.05) is 13.7 Å². The van der Waals surface area contributed by atoms with Gasteiger partial charge < -0.3 is 15.2 Å². The summed E-state index contributed by atoms with van der Waals surface area (Å²) in [4.78, 5) is 0. The Bertz CT molecular complexity index is 380. The van der Waals surface area contributed by atoms with Crippen molar-refractivity contribution in [2.45, 2.75) is 25.6 Å². The zero-order valence-corrected chi connectivity index (χ0v) is 10.1. The topological polar surface area (TPSA) is 44.5 Å². The van der Waals surface area contributed by atoms with Crippen LogP contribution in [0.3, 0.4) is 0 Å². The van der Waals surface area contributed by atoms with E-state index in [1.54, 1.807) is 18.2 Å². The molecule has 0 bridgehead atoms. The molecule has 18 heavy (non-hydrogen) atoms. The average molecular weight is 263 g/mol. The smallest absolute Gasteiger partial charge is 0.389 e. The van der Waals surface area contributed by atoms with Crippen LogP contribution >= 0.6 is 0 Å². The predicted octanol–water partition coefficient (Wildman–Crippen LogP) is 2.88. The molecule has 1 aromatic rings. The van der Waals surface area contributed by atoms with E-state index in [9.17, 15) is 13.2 Å². The van der Waals surface area contributed by atoms with Gasteiger partial charge in [-0.1, -0.05) is 6.07 Å². The van der Waals surface area contributed by atoms with Gasteiger partial charge in [-0.05, 0) is 12.5 Å². The number of nitrogens with two attached hydrogens (primary N) is 1. The SMILES string of the molecule is COc1ccc(CN)c(OCCCC(F)(F)F)c1. The maximum Gasteiger partial charge on any atom is 0.389 e. The highest BCUT2D eigenvalue weighted by molar-refractivity contribution is 5.40. The van der Waals surface area contributed by atoms with Crippen molar-refractivity contribution in [2.24, 2.45) is 5.73 Å². The first-order valence-corrected chi connectivity index (χ1v) is 5.53. The maximum atomic E-state index is 12.0. The number of halogens is 3. The Balaban J connectivity index is 2.54. The van der Waals surface area contributed by atoms with E-state index in [1.165, 1.54) is 7.11 Å². The lowest BCUT2D eigenvalue weighted by Gasteiger charge is -2.12. The van der Waals surface area contributed by atoms with Gasteiger partial charge in [-0.25, -0.2) is 0 Å². The standard InChI is InChI=1S/C12H16F3NO2/c1-17-10-4-3-9(8-16)11(7-10)18-6-2-5-12(13,14)15/h3-4,7H,2,5-6,8,16H2,1H3. The van der Waals surface area contributed by atoms with Crippen molar-refractivity contribution in [1.82, 2.24) is 0 Å². The quantitative estimate of drug-likeness (QED) is 0.803. The van der Waals surface area contributed by atoms with Crippen molar-refractivity contribution in [1.29, 1.82) is 0 Å². The van der Waals surface area contributed by atoms with Gasteiger partial charge in [-0.3, -0.25) is 0 Å². The molecule has 0 saturated heterocycles. The first kappa shape index (κ1) is 14.6. The number of alkyl halides is 3. The van der Waals surface area contributed by atoms with Gasteiger partial charge in [0.05, 0.1) is 13.7 Å². The zero-order valence-electron chi connectivity index (χ0n) is 10.1. The fraction of sp³-hybridized carbons (Fsp3) is 0.500. The van der Waals surface area contributed by atoms with Crippen molar-refractivity contribution in [3.8, 4) is 11.5 Å². The Kier molecular flexibility index (Phi) is 5.27. The van der Waals surface area contributed by atoms with E-state index in [2.05, 4.69) is 0 Å². The van der Waals surface area contributed by atoms with Gasteiger partial charge in [0.25, 0.3) is 0 Å². The molecule has 0 unspecified atom stereocenters. The van der Waals surface area contributed by atoms with Crippen molar-refractivity contribution in [3.63, 3.8) is 0 Å². The summed E-state index contributed by atoms with van der Waals surface area (Å²) >= 11 is 0. The molecule has 0 atom stereocenters. The molecule has 0 saturated carbocycles. The summed E-state index contributed by atoms with van der Waals surface area (Å²) in [7, 11) is 1.50. The van der Waals surface area contributed by atoms with Crippen molar-refractivity contribution >= 4 is 0 Å². The van der Waals surface area contributed by atoms with E-state index in [0.29, 0.717) is 11.5 Å². The number of methoxy groups -OCH3 is 1. The lowest BCUT2D eigenvalue weighted by molar-refractivity contribution is -0.136. The minimum Gasteiger partial charge on any atom is -0.497 e. The van der Waals surface area contributed by atoms with E-state index < -0.39 is 12.6 Å². The Morgan fingerprint density at radius 2 is 2.00 bits per heavy atom. The first-order chi connectivity index (χ1) is 8.46. The summed E-state index contributed by atoms with van der Waals surface area (Å²) in [5.74, 6) is 1.05. The van der Waals surface area contributed by atoms with Gasteiger partial charge in [0.2, 0.25) is 0 Å². The van der Waals surface area contributed by atoms with Crippen LogP contribution in [-0.2, 0) is 6.54 Å². The Labute approximate surface area is 104 Å². The normalized spacial score (nSPS) is 11.4. The number of rotatable bonds is 6. The third-order valence-corrected chi connectivity index (χ3v) is 2.36. The molecule has 3 nitrogen and oxygen atoms in total. The molecule has 0 aliphatic heterocycles. The molecule has 0 radical (unpaired) electrons. The number of hydrogen-bond acceptors (Lipinski definition) is 3. The summed E-state index contributed by atoms with van der Waals surface area (Å²) in [5.41, 5.74) is 6.25. The van der Waals surface area contributed by atoms with Gasteiger partial charge >= 0.3 is 6.18 Å². The molecule has 102 valence electrons. The van der Waals surface area contributed by atoms with Crippen LogP contribution in [0.4, 0.5) is 13.2 Å². The van der Waals surface area contributed by atoms with E-state index in [4.69, 9.17) is 15.2 Å². The summed E-state index contributed by atoms with van der Waals surface area (Å²) in [5, 5.41) is 0. The van der Waals surface area contributed by atoms with Crippen LogP contribution in [0.25, 0.3) is 0 Å². The Morgan fingerprint density at radius 3 is 2.56 bits per heavy atom. The average Bonchev–Trinajstić information content (AvgIpc) is 2.33. The fourth-order valence-electron chi connectivity index (χ4n) is 1.42. The fourth-order valence-corrected chi connectivity index (χ4v) is 1.42.